The quantitative estimate of drug-likeness (QED) is 0.788. The Kier molecular flexibility index (Phi) is 7.20. The van der Waals surface area contributed by atoms with E-state index in [0.717, 1.165) is 19.3 Å². The second-order valence-corrected chi connectivity index (χ2v) is 6.71. The molecule has 0 amide bonds. The monoisotopic (exact) mass is 329 g/mol. The summed E-state index contributed by atoms with van der Waals surface area (Å²) in [5.74, 6) is 5.18. The number of sulfonamides is 1. The first-order chi connectivity index (χ1) is 9.94. The number of benzene rings is 1. The summed E-state index contributed by atoms with van der Waals surface area (Å²) in [6.07, 6.45) is 2.42. The lowest BCUT2D eigenvalue weighted by atomic mass is 10.1. The van der Waals surface area contributed by atoms with E-state index in [1.54, 1.807) is 6.07 Å². The molecular weight excluding hydrogens is 310 g/mol. The number of halogens is 1. The van der Waals surface area contributed by atoms with Crippen LogP contribution in [0.5, 0.6) is 0 Å². The first kappa shape index (κ1) is 18.0. The van der Waals surface area contributed by atoms with Crippen LogP contribution in [0.4, 0.5) is 0 Å². The minimum absolute atomic E-state index is 0.0493. The van der Waals surface area contributed by atoms with Crippen LogP contribution in [-0.2, 0) is 10.0 Å². The van der Waals surface area contributed by atoms with Crippen molar-refractivity contribution in [3.63, 3.8) is 0 Å². The molecule has 1 aromatic rings. The van der Waals surface area contributed by atoms with Gasteiger partial charge in [-0.1, -0.05) is 43.7 Å². The molecule has 2 N–H and O–H groups in total. The van der Waals surface area contributed by atoms with E-state index in [1.807, 2.05) is 13.8 Å². The predicted octanol–water partition coefficient (Wildman–Crippen LogP) is 2.54. The molecule has 0 aliphatic heterocycles. The van der Waals surface area contributed by atoms with Crippen molar-refractivity contribution < 1.29 is 13.5 Å². The smallest absolute Gasteiger partial charge is 0.242 e. The number of hydrogen-bond donors (Lipinski definition) is 2. The molecule has 1 unspecified atom stereocenters. The molecule has 0 radical (unpaired) electrons. The average molecular weight is 330 g/mol. The lowest BCUT2D eigenvalue weighted by Crippen LogP contribution is -2.34. The Labute approximate surface area is 131 Å². The van der Waals surface area contributed by atoms with Crippen LogP contribution >= 0.6 is 11.6 Å². The van der Waals surface area contributed by atoms with Crippen molar-refractivity contribution in [1.29, 1.82) is 0 Å². The molecule has 116 valence electrons. The molecule has 0 saturated carbocycles. The van der Waals surface area contributed by atoms with Gasteiger partial charge in [0, 0.05) is 11.6 Å². The summed E-state index contributed by atoms with van der Waals surface area (Å²) in [4.78, 5) is 0.0493. The van der Waals surface area contributed by atoms with Crippen molar-refractivity contribution in [3.8, 4) is 11.8 Å². The molecule has 0 heterocycles. The van der Waals surface area contributed by atoms with Gasteiger partial charge in [0.05, 0.1) is 5.02 Å². The zero-order valence-corrected chi connectivity index (χ0v) is 13.8. The normalized spacial score (nSPS) is 12.6. The van der Waals surface area contributed by atoms with Gasteiger partial charge >= 0.3 is 0 Å². The lowest BCUT2D eigenvalue weighted by Gasteiger charge is -2.16. The molecule has 1 aromatic carbocycles. The molecule has 6 heteroatoms. The Bertz CT molecular complexity index is 632. The second-order valence-electron chi connectivity index (χ2n) is 4.62. The van der Waals surface area contributed by atoms with Gasteiger partial charge in [-0.15, -0.1) is 0 Å². The van der Waals surface area contributed by atoms with Crippen molar-refractivity contribution in [2.24, 2.45) is 0 Å². The molecule has 0 bridgehead atoms. The number of nitrogens with one attached hydrogen (secondary N) is 1. The number of hydrogen-bond acceptors (Lipinski definition) is 3. The van der Waals surface area contributed by atoms with Gasteiger partial charge in [-0.05, 0) is 31.0 Å². The fourth-order valence-electron chi connectivity index (χ4n) is 1.92. The molecule has 0 spiro atoms. The summed E-state index contributed by atoms with van der Waals surface area (Å²) in [5, 5.41) is 8.77. The largest absolute Gasteiger partial charge is 0.384 e. The molecule has 0 aromatic heterocycles. The van der Waals surface area contributed by atoms with E-state index in [4.69, 9.17) is 16.7 Å². The van der Waals surface area contributed by atoms with E-state index in [1.165, 1.54) is 12.1 Å². The maximum Gasteiger partial charge on any atom is 0.242 e. The average Bonchev–Trinajstić information content (AvgIpc) is 2.44. The number of rotatable bonds is 6. The summed E-state index contributed by atoms with van der Waals surface area (Å²) >= 11 is 6.05. The fourth-order valence-corrected chi connectivity index (χ4v) is 3.81. The van der Waals surface area contributed by atoms with Crippen molar-refractivity contribution >= 4 is 21.6 Å². The van der Waals surface area contributed by atoms with E-state index in [2.05, 4.69) is 16.6 Å². The van der Waals surface area contributed by atoms with Crippen LogP contribution in [-0.4, -0.2) is 26.2 Å². The van der Waals surface area contributed by atoms with E-state index < -0.39 is 10.0 Å². The van der Waals surface area contributed by atoms with Crippen LogP contribution in [0, 0.1) is 11.8 Å². The molecule has 21 heavy (non-hydrogen) atoms. The second kappa shape index (κ2) is 8.40. The molecule has 0 fully saturated rings. The molecule has 1 atom stereocenters. The molecule has 4 nitrogen and oxygen atoms in total. The highest BCUT2D eigenvalue weighted by Gasteiger charge is 2.21. The van der Waals surface area contributed by atoms with E-state index in [9.17, 15) is 8.42 Å². The van der Waals surface area contributed by atoms with E-state index in [0.29, 0.717) is 5.56 Å². The summed E-state index contributed by atoms with van der Waals surface area (Å²) in [5.41, 5.74) is 0.564. The standard InChI is InChI=1S/C15H20ClNO3S/c1-3-6-13(4-2)17-21(19,20)15-9-8-12(7-5-10-18)11-14(15)16/h8-9,11,13,17-18H,3-4,6,10H2,1-2H3. The third kappa shape index (κ3) is 5.33. The van der Waals surface area contributed by atoms with Gasteiger partial charge in [-0.25, -0.2) is 13.1 Å². The molecule has 0 saturated heterocycles. The highest BCUT2D eigenvalue weighted by atomic mass is 35.5. The van der Waals surface area contributed by atoms with Gasteiger partial charge in [-0.2, -0.15) is 0 Å². The SMILES string of the molecule is CCCC(CC)NS(=O)(=O)c1ccc(C#CCO)cc1Cl. The highest BCUT2D eigenvalue weighted by Crippen LogP contribution is 2.23. The van der Waals surface area contributed by atoms with E-state index >= 15 is 0 Å². The highest BCUT2D eigenvalue weighted by molar-refractivity contribution is 7.89. The Morgan fingerprint density at radius 3 is 2.62 bits per heavy atom. The Morgan fingerprint density at radius 1 is 1.38 bits per heavy atom. The van der Waals surface area contributed by atoms with Gasteiger partial charge < -0.3 is 5.11 Å². The first-order valence-electron chi connectivity index (χ1n) is 6.86. The van der Waals surface area contributed by atoms with Crippen molar-refractivity contribution in [2.45, 2.75) is 44.0 Å². The van der Waals surface area contributed by atoms with Crippen LogP contribution in [0.25, 0.3) is 0 Å². The van der Waals surface area contributed by atoms with Crippen LogP contribution in [0.2, 0.25) is 5.02 Å². The van der Waals surface area contributed by atoms with Crippen LogP contribution in [0.1, 0.15) is 38.7 Å². The summed E-state index contributed by atoms with van der Waals surface area (Å²) in [6.45, 7) is 3.70. The molecule has 0 aliphatic carbocycles. The topological polar surface area (TPSA) is 66.4 Å². The Morgan fingerprint density at radius 2 is 2.10 bits per heavy atom. The van der Waals surface area contributed by atoms with Crippen molar-refractivity contribution in [1.82, 2.24) is 4.72 Å². The van der Waals surface area contributed by atoms with Crippen molar-refractivity contribution in [3.05, 3.63) is 28.8 Å². The van der Waals surface area contributed by atoms with Crippen molar-refractivity contribution in [2.75, 3.05) is 6.61 Å². The Balaban J connectivity index is 3.03. The molecule has 1 rings (SSSR count). The zero-order chi connectivity index (χ0) is 15.9. The molecular formula is C15H20ClNO3S. The van der Waals surface area contributed by atoms with Gasteiger partial charge in [0.1, 0.15) is 11.5 Å². The van der Waals surface area contributed by atoms with Crippen LogP contribution in [0.15, 0.2) is 23.1 Å². The van der Waals surface area contributed by atoms with E-state index in [-0.39, 0.29) is 22.6 Å². The maximum absolute atomic E-state index is 12.4. The number of aliphatic hydroxyl groups excluding tert-OH is 1. The van der Waals surface area contributed by atoms with Gasteiger partial charge in [0.25, 0.3) is 0 Å². The minimum Gasteiger partial charge on any atom is -0.384 e. The van der Waals surface area contributed by atoms with Gasteiger partial charge in [0.15, 0.2) is 0 Å². The maximum atomic E-state index is 12.4. The zero-order valence-electron chi connectivity index (χ0n) is 12.2. The summed E-state index contributed by atoms with van der Waals surface area (Å²) in [6, 6.07) is 4.40. The molecule has 0 aliphatic rings. The fraction of sp³-hybridized carbons (Fsp3) is 0.467. The first-order valence-corrected chi connectivity index (χ1v) is 8.72. The number of aliphatic hydroxyl groups is 1. The van der Waals surface area contributed by atoms with Crippen LogP contribution < -0.4 is 4.72 Å². The predicted molar refractivity (Wildman–Crippen MR) is 84.7 cm³/mol. The van der Waals surface area contributed by atoms with Gasteiger partial charge in [0.2, 0.25) is 10.0 Å². The third-order valence-electron chi connectivity index (χ3n) is 2.98. The minimum atomic E-state index is -3.64. The third-order valence-corrected chi connectivity index (χ3v) is 4.99. The van der Waals surface area contributed by atoms with Crippen LogP contribution in [0.3, 0.4) is 0 Å². The summed E-state index contributed by atoms with van der Waals surface area (Å²) < 4.78 is 27.4. The van der Waals surface area contributed by atoms with Gasteiger partial charge in [-0.3, -0.25) is 0 Å². The Hall–Kier alpha value is -1.06. The lowest BCUT2D eigenvalue weighted by molar-refractivity contribution is 0.350. The summed E-state index contributed by atoms with van der Waals surface area (Å²) in [7, 11) is -3.64.